The van der Waals surface area contributed by atoms with Crippen molar-refractivity contribution in [3.8, 4) is 5.75 Å². The summed E-state index contributed by atoms with van der Waals surface area (Å²) < 4.78 is 32.5. The summed E-state index contributed by atoms with van der Waals surface area (Å²) >= 11 is 0. The first kappa shape index (κ1) is 21.3. The monoisotopic (exact) mass is 417 g/mol. The summed E-state index contributed by atoms with van der Waals surface area (Å²) in [7, 11) is -1.93. The Kier molecular flexibility index (Phi) is 6.56. The number of rotatable bonds is 6. The van der Waals surface area contributed by atoms with E-state index < -0.39 is 10.0 Å². The van der Waals surface area contributed by atoms with Crippen LogP contribution < -0.4 is 10.1 Å². The van der Waals surface area contributed by atoms with Gasteiger partial charge < -0.3 is 10.1 Å². The van der Waals surface area contributed by atoms with Crippen molar-refractivity contribution in [1.29, 1.82) is 0 Å². The van der Waals surface area contributed by atoms with Gasteiger partial charge >= 0.3 is 0 Å². The van der Waals surface area contributed by atoms with Crippen LogP contribution in [0.25, 0.3) is 0 Å². The summed E-state index contributed by atoms with van der Waals surface area (Å²) in [6.45, 7) is 5.75. The molecule has 1 fully saturated rings. The Hall–Kier alpha value is -2.42. The van der Waals surface area contributed by atoms with Crippen molar-refractivity contribution >= 4 is 21.6 Å². The number of piperazine rings is 1. The SMILES string of the molecule is COc1ccc(NC(=O)CN2CCN(S(=O)(=O)c3ccc(C)cc3C)CC2)cc1. The van der Waals surface area contributed by atoms with Crippen LogP contribution in [0, 0.1) is 13.8 Å². The summed E-state index contributed by atoms with van der Waals surface area (Å²) in [5.74, 6) is 0.602. The Balaban J connectivity index is 1.55. The molecular formula is C21H27N3O4S. The molecule has 0 bridgehead atoms. The maximum Gasteiger partial charge on any atom is 0.243 e. The van der Waals surface area contributed by atoms with Crippen LogP contribution in [0.5, 0.6) is 5.75 Å². The first-order chi connectivity index (χ1) is 13.8. The molecule has 0 radical (unpaired) electrons. The molecule has 0 unspecified atom stereocenters. The van der Waals surface area contributed by atoms with Crippen molar-refractivity contribution in [1.82, 2.24) is 9.21 Å². The Bertz CT molecular complexity index is 966. The molecule has 8 heteroatoms. The van der Waals surface area contributed by atoms with Crippen LogP contribution in [0.3, 0.4) is 0 Å². The number of benzene rings is 2. The molecule has 1 N–H and O–H groups in total. The van der Waals surface area contributed by atoms with Crippen molar-refractivity contribution in [3.05, 3.63) is 53.6 Å². The molecule has 1 aliphatic heterocycles. The van der Waals surface area contributed by atoms with E-state index >= 15 is 0 Å². The number of carbonyl (C=O) groups is 1. The van der Waals surface area contributed by atoms with E-state index in [9.17, 15) is 13.2 Å². The number of sulfonamides is 1. The number of ether oxygens (including phenoxy) is 1. The van der Waals surface area contributed by atoms with Crippen LogP contribution in [0.1, 0.15) is 11.1 Å². The fraction of sp³-hybridized carbons (Fsp3) is 0.381. The van der Waals surface area contributed by atoms with E-state index in [1.165, 1.54) is 4.31 Å². The third-order valence-corrected chi connectivity index (χ3v) is 7.08. The van der Waals surface area contributed by atoms with Crippen molar-refractivity contribution in [2.24, 2.45) is 0 Å². The van der Waals surface area contributed by atoms with E-state index in [-0.39, 0.29) is 12.5 Å². The van der Waals surface area contributed by atoms with Gasteiger partial charge in [0, 0.05) is 31.9 Å². The average molecular weight is 418 g/mol. The Morgan fingerprint density at radius 1 is 1.03 bits per heavy atom. The fourth-order valence-electron chi connectivity index (χ4n) is 3.43. The molecule has 29 heavy (non-hydrogen) atoms. The number of hydrogen-bond acceptors (Lipinski definition) is 5. The minimum Gasteiger partial charge on any atom is -0.497 e. The Morgan fingerprint density at radius 2 is 1.69 bits per heavy atom. The Labute approximate surface area is 172 Å². The second kappa shape index (κ2) is 8.94. The van der Waals surface area contributed by atoms with E-state index in [1.54, 1.807) is 37.4 Å². The number of nitrogens with zero attached hydrogens (tertiary/aromatic N) is 2. The van der Waals surface area contributed by atoms with E-state index in [0.29, 0.717) is 36.8 Å². The highest BCUT2D eigenvalue weighted by Crippen LogP contribution is 2.22. The third kappa shape index (κ3) is 5.14. The quantitative estimate of drug-likeness (QED) is 0.780. The second-order valence-electron chi connectivity index (χ2n) is 7.23. The molecule has 0 atom stereocenters. The predicted molar refractivity (Wildman–Crippen MR) is 113 cm³/mol. The van der Waals surface area contributed by atoms with E-state index in [2.05, 4.69) is 5.32 Å². The van der Waals surface area contributed by atoms with Gasteiger partial charge in [-0.3, -0.25) is 9.69 Å². The highest BCUT2D eigenvalue weighted by molar-refractivity contribution is 7.89. The van der Waals surface area contributed by atoms with E-state index in [4.69, 9.17) is 4.74 Å². The van der Waals surface area contributed by atoms with Crippen LogP contribution >= 0.6 is 0 Å². The number of hydrogen-bond donors (Lipinski definition) is 1. The molecular weight excluding hydrogens is 390 g/mol. The van der Waals surface area contributed by atoms with Gasteiger partial charge in [-0.1, -0.05) is 17.7 Å². The normalized spacial score (nSPS) is 15.8. The van der Waals surface area contributed by atoms with Crippen molar-refractivity contribution in [2.75, 3.05) is 45.2 Å². The highest BCUT2D eigenvalue weighted by Gasteiger charge is 2.30. The zero-order chi connectivity index (χ0) is 21.0. The van der Waals surface area contributed by atoms with Crippen LogP contribution in [0.2, 0.25) is 0 Å². The third-order valence-electron chi connectivity index (χ3n) is 5.02. The topological polar surface area (TPSA) is 79.0 Å². The zero-order valence-corrected chi connectivity index (χ0v) is 17.8. The fourth-order valence-corrected chi connectivity index (χ4v) is 5.06. The lowest BCUT2D eigenvalue weighted by atomic mass is 10.2. The van der Waals surface area contributed by atoms with Gasteiger partial charge in [0.1, 0.15) is 5.75 Å². The van der Waals surface area contributed by atoms with Crippen LogP contribution in [-0.4, -0.2) is 63.4 Å². The first-order valence-electron chi connectivity index (χ1n) is 9.53. The number of carbonyl (C=O) groups excluding carboxylic acids is 1. The largest absolute Gasteiger partial charge is 0.497 e. The van der Waals surface area contributed by atoms with Crippen LogP contribution in [0.15, 0.2) is 47.4 Å². The number of anilines is 1. The first-order valence-corrected chi connectivity index (χ1v) is 11.0. The molecule has 0 aromatic heterocycles. The van der Waals surface area contributed by atoms with Gasteiger partial charge in [0.2, 0.25) is 15.9 Å². The number of amides is 1. The Morgan fingerprint density at radius 3 is 2.28 bits per heavy atom. The van der Waals surface area contributed by atoms with Gasteiger partial charge in [-0.2, -0.15) is 4.31 Å². The maximum atomic E-state index is 13.0. The molecule has 0 spiro atoms. The van der Waals surface area contributed by atoms with Gasteiger partial charge in [-0.05, 0) is 49.7 Å². The van der Waals surface area contributed by atoms with Gasteiger partial charge in [0.25, 0.3) is 0 Å². The highest BCUT2D eigenvalue weighted by atomic mass is 32.2. The van der Waals surface area contributed by atoms with Gasteiger partial charge in [0.15, 0.2) is 0 Å². The minimum absolute atomic E-state index is 0.124. The molecule has 0 aliphatic carbocycles. The minimum atomic E-state index is -3.52. The summed E-state index contributed by atoms with van der Waals surface area (Å²) in [5.41, 5.74) is 2.49. The van der Waals surface area contributed by atoms with Gasteiger partial charge in [-0.15, -0.1) is 0 Å². The van der Waals surface area contributed by atoms with Gasteiger partial charge in [-0.25, -0.2) is 8.42 Å². The van der Waals surface area contributed by atoms with Crippen LogP contribution in [-0.2, 0) is 14.8 Å². The van der Waals surface area contributed by atoms with E-state index in [0.717, 1.165) is 16.9 Å². The smallest absolute Gasteiger partial charge is 0.243 e. The lowest BCUT2D eigenvalue weighted by molar-refractivity contribution is -0.117. The summed E-state index contributed by atoms with van der Waals surface area (Å²) in [4.78, 5) is 14.6. The summed E-state index contributed by atoms with van der Waals surface area (Å²) in [6.07, 6.45) is 0. The molecule has 2 aromatic rings. The number of nitrogens with one attached hydrogen (secondary N) is 1. The van der Waals surface area contributed by atoms with Crippen molar-refractivity contribution in [3.63, 3.8) is 0 Å². The summed E-state index contributed by atoms with van der Waals surface area (Å²) in [6, 6.07) is 12.5. The molecule has 1 aliphatic rings. The molecule has 1 heterocycles. The molecule has 7 nitrogen and oxygen atoms in total. The summed E-state index contributed by atoms with van der Waals surface area (Å²) in [5, 5.41) is 2.85. The van der Waals surface area contributed by atoms with Crippen molar-refractivity contribution < 1.29 is 17.9 Å². The standard InChI is InChI=1S/C21H27N3O4S/c1-16-4-9-20(17(2)14-16)29(26,27)24-12-10-23(11-13-24)15-21(25)22-18-5-7-19(28-3)8-6-18/h4-9,14H,10-13,15H2,1-3H3,(H,22,25). The van der Waals surface area contributed by atoms with Crippen molar-refractivity contribution in [2.45, 2.75) is 18.7 Å². The molecule has 1 saturated heterocycles. The lowest BCUT2D eigenvalue weighted by Crippen LogP contribution is -2.50. The van der Waals surface area contributed by atoms with Crippen LogP contribution in [0.4, 0.5) is 5.69 Å². The number of methoxy groups -OCH3 is 1. The molecule has 2 aromatic carbocycles. The molecule has 3 rings (SSSR count). The number of aryl methyl sites for hydroxylation is 2. The molecule has 156 valence electrons. The maximum absolute atomic E-state index is 13.0. The average Bonchev–Trinajstić information content (AvgIpc) is 2.68. The molecule has 1 amide bonds. The molecule has 0 saturated carbocycles. The predicted octanol–water partition coefficient (Wildman–Crippen LogP) is 2.26. The zero-order valence-electron chi connectivity index (χ0n) is 17.0. The van der Waals surface area contributed by atoms with Gasteiger partial charge in [0.05, 0.1) is 18.6 Å². The lowest BCUT2D eigenvalue weighted by Gasteiger charge is -2.33. The second-order valence-corrected chi connectivity index (χ2v) is 9.13. The van der Waals surface area contributed by atoms with E-state index in [1.807, 2.05) is 30.9 Å².